The Hall–Kier alpha value is -1.10. The van der Waals surface area contributed by atoms with Crippen LogP contribution in [0.4, 0.5) is 4.39 Å². The second-order valence-corrected chi connectivity index (χ2v) is 9.64. The fourth-order valence-electron chi connectivity index (χ4n) is 6.77. The molecule has 1 unspecified atom stereocenters. The van der Waals surface area contributed by atoms with Gasteiger partial charge >= 0.3 is 0 Å². The summed E-state index contributed by atoms with van der Waals surface area (Å²) in [6.45, 7) is 5.33. The number of carbonyl (C=O) groups is 3. The summed E-state index contributed by atoms with van der Waals surface area (Å²) < 4.78 is 16.6. The molecule has 4 rings (SSSR count). The topological polar surface area (TPSA) is 71.4 Å². The second-order valence-electron chi connectivity index (χ2n) is 9.64. The molecular formula is C20H27FO4. The van der Waals surface area contributed by atoms with Gasteiger partial charge in [0, 0.05) is 48.3 Å². The minimum atomic E-state index is -2.06. The molecule has 138 valence electrons. The molecule has 4 nitrogen and oxygen atoms in total. The van der Waals surface area contributed by atoms with Crippen molar-refractivity contribution in [1.82, 2.24) is 0 Å². The van der Waals surface area contributed by atoms with E-state index in [1.165, 1.54) is 0 Å². The fraction of sp³-hybridized carbons (Fsp3) is 0.850. The predicted molar refractivity (Wildman–Crippen MR) is 88.5 cm³/mol. The van der Waals surface area contributed by atoms with Crippen molar-refractivity contribution in [1.29, 1.82) is 0 Å². The van der Waals surface area contributed by atoms with E-state index in [4.69, 9.17) is 0 Å². The monoisotopic (exact) mass is 350 g/mol. The Balaban J connectivity index is 1.84. The van der Waals surface area contributed by atoms with E-state index >= 15 is 4.39 Å². The van der Waals surface area contributed by atoms with Gasteiger partial charge in [0.15, 0.2) is 11.5 Å². The average Bonchev–Trinajstić information content (AvgIpc) is 2.75. The normalized spacial score (nSPS) is 55.6. The number of ketones is 3. The van der Waals surface area contributed by atoms with E-state index in [0.717, 1.165) is 0 Å². The Kier molecular flexibility index (Phi) is 3.32. The third-order valence-corrected chi connectivity index (χ3v) is 8.69. The lowest BCUT2D eigenvalue weighted by atomic mass is 9.42. The van der Waals surface area contributed by atoms with Gasteiger partial charge in [0.1, 0.15) is 11.6 Å². The molecule has 25 heavy (non-hydrogen) atoms. The smallest absolute Gasteiger partial charge is 0.178 e. The summed E-state index contributed by atoms with van der Waals surface area (Å²) in [5.74, 6) is -2.07. The maximum absolute atomic E-state index is 16.6. The molecule has 4 aliphatic rings. The molecule has 5 heteroatoms. The summed E-state index contributed by atoms with van der Waals surface area (Å²) >= 11 is 0. The molecule has 4 saturated carbocycles. The van der Waals surface area contributed by atoms with Crippen LogP contribution in [0.25, 0.3) is 0 Å². The van der Waals surface area contributed by atoms with Gasteiger partial charge in [-0.15, -0.1) is 0 Å². The Bertz CT molecular complexity index is 685. The highest BCUT2D eigenvalue weighted by Crippen LogP contribution is 2.69. The highest BCUT2D eigenvalue weighted by atomic mass is 19.1. The molecule has 0 aliphatic heterocycles. The molecule has 0 spiro atoms. The summed E-state index contributed by atoms with van der Waals surface area (Å²) in [7, 11) is 0. The highest BCUT2D eigenvalue weighted by Gasteiger charge is 2.75. The number of Topliss-reactive ketones (excluding diaryl/α,β-unsaturated/α-hetero) is 3. The van der Waals surface area contributed by atoms with Crippen LogP contribution in [-0.2, 0) is 14.4 Å². The lowest BCUT2D eigenvalue weighted by Crippen LogP contribution is -2.70. The highest BCUT2D eigenvalue weighted by molar-refractivity contribution is 5.98. The van der Waals surface area contributed by atoms with E-state index in [9.17, 15) is 19.5 Å². The van der Waals surface area contributed by atoms with Gasteiger partial charge in [0.25, 0.3) is 0 Å². The number of fused-ring (bicyclic) bond motifs is 5. The van der Waals surface area contributed by atoms with Gasteiger partial charge in [-0.1, -0.05) is 13.8 Å². The van der Waals surface area contributed by atoms with Crippen molar-refractivity contribution in [3.63, 3.8) is 0 Å². The van der Waals surface area contributed by atoms with Crippen LogP contribution >= 0.6 is 0 Å². The van der Waals surface area contributed by atoms with E-state index in [0.29, 0.717) is 12.8 Å². The Morgan fingerprint density at radius 2 is 1.68 bits per heavy atom. The SMILES string of the molecule is C[C@]1(O)CC[C@H]2[C@@H]3CC(=O)C4CC(=O)CC[C@]4(C)[C@@]3(F)C(=O)C[C@@]21C. The van der Waals surface area contributed by atoms with E-state index < -0.39 is 39.7 Å². The minimum Gasteiger partial charge on any atom is -0.390 e. The molecule has 0 saturated heterocycles. The zero-order valence-corrected chi connectivity index (χ0v) is 15.2. The van der Waals surface area contributed by atoms with Crippen molar-refractivity contribution >= 4 is 17.3 Å². The van der Waals surface area contributed by atoms with Gasteiger partial charge in [-0.3, -0.25) is 14.4 Å². The van der Waals surface area contributed by atoms with Gasteiger partial charge in [-0.05, 0) is 32.1 Å². The van der Waals surface area contributed by atoms with Crippen molar-refractivity contribution in [3.8, 4) is 0 Å². The van der Waals surface area contributed by atoms with Crippen molar-refractivity contribution in [2.24, 2.45) is 28.6 Å². The van der Waals surface area contributed by atoms with Crippen LogP contribution in [-0.4, -0.2) is 33.7 Å². The first-order valence-corrected chi connectivity index (χ1v) is 9.46. The maximum atomic E-state index is 16.6. The number of rotatable bonds is 0. The largest absolute Gasteiger partial charge is 0.390 e. The molecule has 0 heterocycles. The van der Waals surface area contributed by atoms with Gasteiger partial charge in [-0.2, -0.15) is 0 Å². The minimum absolute atomic E-state index is 0.00484. The fourth-order valence-corrected chi connectivity index (χ4v) is 6.77. The van der Waals surface area contributed by atoms with E-state index in [-0.39, 0.29) is 49.6 Å². The molecule has 4 fully saturated rings. The number of hydrogen-bond donors (Lipinski definition) is 1. The second kappa shape index (κ2) is 4.79. The molecule has 0 amide bonds. The average molecular weight is 350 g/mol. The lowest BCUT2D eigenvalue weighted by molar-refractivity contribution is -0.204. The van der Waals surface area contributed by atoms with Crippen LogP contribution in [0.3, 0.4) is 0 Å². The van der Waals surface area contributed by atoms with Gasteiger partial charge in [0.2, 0.25) is 0 Å². The Labute approximate surface area is 147 Å². The molecule has 0 bridgehead atoms. The van der Waals surface area contributed by atoms with Gasteiger partial charge in [-0.25, -0.2) is 4.39 Å². The molecule has 0 aromatic heterocycles. The summed E-state index contributed by atoms with van der Waals surface area (Å²) in [6.07, 6.45) is 1.78. The molecule has 7 atom stereocenters. The van der Waals surface area contributed by atoms with Crippen LogP contribution in [0.5, 0.6) is 0 Å². The van der Waals surface area contributed by atoms with Gasteiger partial charge in [0.05, 0.1) is 5.60 Å². The molecule has 0 aromatic rings. The Morgan fingerprint density at radius 3 is 2.36 bits per heavy atom. The summed E-state index contributed by atoms with van der Waals surface area (Å²) in [5.41, 5.74) is -4.85. The van der Waals surface area contributed by atoms with Crippen LogP contribution in [0.2, 0.25) is 0 Å². The predicted octanol–water partition coefficient (Wildman–Crippen LogP) is 2.80. The van der Waals surface area contributed by atoms with Crippen LogP contribution in [0.15, 0.2) is 0 Å². The van der Waals surface area contributed by atoms with Crippen molar-refractivity contribution in [2.45, 2.75) is 77.0 Å². The maximum Gasteiger partial charge on any atom is 0.178 e. The Morgan fingerprint density at radius 1 is 1.00 bits per heavy atom. The summed E-state index contributed by atoms with van der Waals surface area (Å²) in [6, 6.07) is 0. The molecule has 0 radical (unpaired) electrons. The van der Waals surface area contributed by atoms with E-state index in [2.05, 4.69) is 0 Å². The van der Waals surface area contributed by atoms with Crippen LogP contribution < -0.4 is 0 Å². The number of alkyl halides is 1. The molecule has 0 aromatic carbocycles. The molecule has 1 N–H and O–H groups in total. The van der Waals surface area contributed by atoms with Crippen molar-refractivity contribution in [2.75, 3.05) is 0 Å². The number of halogens is 1. The number of carbonyl (C=O) groups excluding carboxylic acids is 3. The quantitative estimate of drug-likeness (QED) is 0.729. The summed E-state index contributed by atoms with van der Waals surface area (Å²) in [4.78, 5) is 37.9. The third-order valence-electron chi connectivity index (χ3n) is 8.69. The van der Waals surface area contributed by atoms with Crippen LogP contribution in [0.1, 0.15) is 65.7 Å². The van der Waals surface area contributed by atoms with Crippen LogP contribution in [0, 0.1) is 28.6 Å². The van der Waals surface area contributed by atoms with E-state index in [1.807, 2.05) is 6.92 Å². The third kappa shape index (κ3) is 1.83. The molecular weight excluding hydrogens is 323 g/mol. The van der Waals surface area contributed by atoms with Gasteiger partial charge < -0.3 is 5.11 Å². The zero-order chi connectivity index (χ0) is 18.4. The standard InChI is InChI=1S/C20H27FO4/c1-17-6-4-11(22)8-14(17)15(23)9-13-12-5-7-19(3,25)18(12,2)10-16(24)20(13,17)21/h12-14,25H,4-10H2,1-3H3/t12-,13-,14?,17-,18-,19-,20-/m0/s1. The summed E-state index contributed by atoms with van der Waals surface area (Å²) in [5, 5.41) is 10.8. The lowest BCUT2D eigenvalue weighted by Gasteiger charge is -2.61. The first-order chi connectivity index (χ1) is 11.5. The number of aliphatic hydroxyl groups is 1. The molecule has 4 aliphatic carbocycles. The van der Waals surface area contributed by atoms with E-state index in [1.54, 1.807) is 13.8 Å². The first-order valence-electron chi connectivity index (χ1n) is 9.46. The zero-order valence-electron chi connectivity index (χ0n) is 15.2. The number of hydrogen-bond acceptors (Lipinski definition) is 4. The van der Waals surface area contributed by atoms with Crippen molar-refractivity contribution in [3.05, 3.63) is 0 Å². The first kappa shape index (κ1) is 17.3. The van der Waals surface area contributed by atoms with Crippen molar-refractivity contribution < 1.29 is 23.9 Å².